The molecule has 1 aliphatic carbocycles. The number of rotatable bonds is 4. The third kappa shape index (κ3) is 4.70. The van der Waals surface area contributed by atoms with Crippen molar-refractivity contribution in [2.24, 2.45) is 5.92 Å². The van der Waals surface area contributed by atoms with Crippen LogP contribution in [0.15, 0.2) is 24.3 Å². The Kier molecular flexibility index (Phi) is 5.17. The Labute approximate surface area is 124 Å². The summed E-state index contributed by atoms with van der Waals surface area (Å²) >= 11 is 0. The van der Waals surface area contributed by atoms with Crippen LogP contribution in [0.3, 0.4) is 0 Å². The lowest BCUT2D eigenvalue weighted by Crippen LogP contribution is -2.46. The number of carbonyl (C=O) groups is 1. The molecule has 0 aromatic heterocycles. The fraction of sp³-hybridized carbons (Fsp3) is 0.562. The van der Waals surface area contributed by atoms with Crippen molar-refractivity contribution in [1.29, 1.82) is 0 Å². The minimum atomic E-state index is -0.800. The van der Waals surface area contributed by atoms with E-state index in [1.807, 2.05) is 0 Å². The molecule has 0 saturated heterocycles. The molecular formula is C16H23FN2O2. The Bertz CT molecular complexity index is 468. The molecule has 0 bridgehead atoms. The molecule has 1 fully saturated rings. The number of hydrogen-bond acceptors (Lipinski definition) is 2. The van der Waals surface area contributed by atoms with E-state index in [2.05, 4.69) is 17.6 Å². The molecule has 0 radical (unpaired) electrons. The zero-order valence-electron chi connectivity index (χ0n) is 12.4. The fourth-order valence-electron chi connectivity index (χ4n) is 2.75. The van der Waals surface area contributed by atoms with Crippen molar-refractivity contribution < 1.29 is 14.3 Å². The van der Waals surface area contributed by atoms with Gasteiger partial charge in [0.15, 0.2) is 0 Å². The molecular weight excluding hydrogens is 271 g/mol. The van der Waals surface area contributed by atoms with Crippen molar-refractivity contribution >= 4 is 11.7 Å². The quantitative estimate of drug-likeness (QED) is 0.798. The van der Waals surface area contributed by atoms with Gasteiger partial charge in [0.05, 0.1) is 5.60 Å². The third-order valence-corrected chi connectivity index (χ3v) is 4.29. The van der Waals surface area contributed by atoms with Crippen molar-refractivity contribution in [2.45, 2.75) is 44.6 Å². The van der Waals surface area contributed by atoms with Gasteiger partial charge in [0.1, 0.15) is 5.82 Å². The summed E-state index contributed by atoms with van der Waals surface area (Å²) in [5.41, 5.74) is -0.276. The number of halogens is 1. The topological polar surface area (TPSA) is 61.4 Å². The summed E-state index contributed by atoms with van der Waals surface area (Å²) < 4.78 is 12.8. The first kappa shape index (κ1) is 15.8. The predicted molar refractivity (Wildman–Crippen MR) is 80.6 cm³/mol. The maximum absolute atomic E-state index is 12.8. The Hall–Kier alpha value is -1.62. The van der Waals surface area contributed by atoms with E-state index in [1.54, 1.807) is 0 Å². The molecule has 4 nitrogen and oxygen atoms in total. The van der Waals surface area contributed by atoms with Crippen LogP contribution in [0, 0.1) is 11.7 Å². The normalized spacial score (nSPS) is 25.4. The highest BCUT2D eigenvalue weighted by Crippen LogP contribution is 2.33. The van der Waals surface area contributed by atoms with Crippen LogP contribution in [0.2, 0.25) is 0 Å². The summed E-state index contributed by atoms with van der Waals surface area (Å²) in [4.78, 5) is 11.8. The van der Waals surface area contributed by atoms with E-state index < -0.39 is 5.60 Å². The lowest BCUT2D eigenvalue weighted by molar-refractivity contribution is -0.00612. The Morgan fingerprint density at radius 3 is 2.52 bits per heavy atom. The zero-order valence-corrected chi connectivity index (χ0v) is 12.4. The van der Waals surface area contributed by atoms with Gasteiger partial charge in [-0.1, -0.05) is 13.3 Å². The third-order valence-electron chi connectivity index (χ3n) is 4.29. The standard InChI is InChI=1S/C16H23FN2O2/c1-2-12-7-9-16(21,10-8-12)11-18-15(20)19-14-5-3-13(17)4-6-14/h3-6,12,21H,2,7-11H2,1H3,(H2,18,19,20). The molecule has 5 heteroatoms. The molecule has 0 heterocycles. The molecule has 1 aromatic carbocycles. The van der Waals surface area contributed by atoms with Gasteiger partial charge in [-0.3, -0.25) is 0 Å². The van der Waals surface area contributed by atoms with Gasteiger partial charge < -0.3 is 15.7 Å². The molecule has 3 N–H and O–H groups in total. The average Bonchev–Trinajstić information content (AvgIpc) is 2.49. The maximum atomic E-state index is 12.8. The van der Waals surface area contributed by atoms with Crippen molar-refractivity contribution in [3.63, 3.8) is 0 Å². The van der Waals surface area contributed by atoms with E-state index >= 15 is 0 Å². The minimum absolute atomic E-state index is 0.246. The van der Waals surface area contributed by atoms with Crippen LogP contribution in [-0.2, 0) is 0 Å². The number of benzene rings is 1. The number of urea groups is 1. The van der Waals surface area contributed by atoms with Crippen LogP contribution in [0.1, 0.15) is 39.0 Å². The second kappa shape index (κ2) is 6.89. The Morgan fingerprint density at radius 2 is 1.95 bits per heavy atom. The number of amides is 2. The lowest BCUT2D eigenvalue weighted by Gasteiger charge is -2.35. The molecule has 21 heavy (non-hydrogen) atoms. The van der Waals surface area contributed by atoms with E-state index in [-0.39, 0.29) is 18.4 Å². The van der Waals surface area contributed by atoms with E-state index in [4.69, 9.17) is 0 Å². The molecule has 0 spiro atoms. The molecule has 1 saturated carbocycles. The molecule has 1 aliphatic rings. The number of nitrogens with one attached hydrogen (secondary N) is 2. The number of hydrogen-bond donors (Lipinski definition) is 3. The van der Waals surface area contributed by atoms with Crippen molar-refractivity contribution in [3.05, 3.63) is 30.1 Å². The summed E-state index contributed by atoms with van der Waals surface area (Å²) in [5.74, 6) is 0.348. The zero-order chi connectivity index (χ0) is 15.3. The van der Waals surface area contributed by atoms with Gasteiger partial charge in [-0.05, 0) is 55.9 Å². The number of carbonyl (C=O) groups excluding carboxylic acids is 1. The smallest absolute Gasteiger partial charge is 0.319 e. The van der Waals surface area contributed by atoms with Gasteiger partial charge in [-0.2, -0.15) is 0 Å². The monoisotopic (exact) mass is 294 g/mol. The molecule has 2 amide bonds. The van der Waals surface area contributed by atoms with Gasteiger partial charge in [-0.25, -0.2) is 9.18 Å². The highest BCUT2D eigenvalue weighted by atomic mass is 19.1. The fourth-order valence-corrected chi connectivity index (χ4v) is 2.75. The predicted octanol–water partition coefficient (Wildman–Crippen LogP) is 3.28. The van der Waals surface area contributed by atoms with E-state index in [0.29, 0.717) is 11.6 Å². The second-order valence-electron chi connectivity index (χ2n) is 5.89. The van der Waals surface area contributed by atoms with Gasteiger partial charge in [0.2, 0.25) is 0 Å². The van der Waals surface area contributed by atoms with E-state index in [1.165, 1.54) is 24.3 Å². The highest BCUT2D eigenvalue weighted by molar-refractivity contribution is 5.89. The molecule has 0 atom stereocenters. The molecule has 116 valence electrons. The Morgan fingerprint density at radius 1 is 1.33 bits per heavy atom. The Balaban J connectivity index is 1.77. The second-order valence-corrected chi connectivity index (χ2v) is 5.89. The van der Waals surface area contributed by atoms with Crippen LogP contribution in [0.25, 0.3) is 0 Å². The van der Waals surface area contributed by atoms with Crippen LogP contribution < -0.4 is 10.6 Å². The SMILES string of the molecule is CCC1CCC(O)(CNC(=O)Nc2ccc(F)cc2)CC1. The number of aliphatic hydroxyl groups is 1. The van der Waals surface area contributed by atoms with Crippen molar-refractivity contribution in [1.82, 2.24) is 5.32 Å². The van der Waals surface area contributed by atoms with Crippen LogP contribution in [0.4, 0.5) is 14.9 Å². The summed E-state index contributed by atoms with van der Waals surface area (Å²) in [5, 5.41) is 15.8. The molecule has 0 aliphatic heterocycles. The first-order valence-electron chi connectivity index (χ1n) is 7.53. The number of anilines is 1. The van der Waals surface area contributed by atoms with E-state index in [0.717, 1.165) is 32.1 Å². The average molecular weight is 294 g/mol. The molecule has 0 unspecified atom stereocenters. The van der Waals surface area contributed by atoms with Gasteiger partial charge >= 0.3 is 6.03 Å². The molecule has 2 rings (SSSR count). The molecule has 1 aromatic rings. The summed E-state index contributed by atoms with van der Waals surface area (Å²) in [7, 11) is 0. The largest absolute Gasteiger partial charge is 0.388 e. The first-order chi connectivity index (χ1) is 10.0. The minimum Gasteiger partial charge on any atom is -0.388 e. The first-order valence-corrected chi connectivity index (χ1v) is 7.53. The highest BCUT2D eigenvalue weighted by Gasteiger charge is 2.32. The van der Waals surface area contributed by atoms with Gasteiger partial charge in [0.25, 0.3) is 0 Å². The van der Waals surface area contributed by atoms with Crippen molar-refractivity contribution in [2.75, 3.05) is 11.9 Å². The summed E-state index contributed by atoms with van der Waals surface area (Å²) in [6, 6.07) is 5.18. The van der Waals surface area contributed by atoms with Crippen LogP contribution >= 0.6 is 0 Å². The lowest BCUT2D eigenvalue weighted by atomic mass is 9.78. The summed E-state index contributed by atoms with van der Waals surface area (Å²) in [6.45, 7) is 2.42. The maximum Gasteiger partial charge on any atom is 0.319 e. The summed E-state index contributed by atoms with van der Waals surface area (Å²) in [6.07, 6.45) is 4.61. The van der Waals surface area contributed by atoms with Crippen LogP contribution in [0.5, 0.6) is 0 Å². The van der Waals surface area contributed by atoms with Crippen LogP contribution in [-0.4, -0.2) is 23.3 Å². The van der Waals surface area contributed by atoms with Gasteiger partial charge in [0, 0.05) is 12.2 Å². The van der Waals surface area contributed by atoms with Crippen molar-refractivity contribution in [3.8, 4) is 0 Å². The van der Waals surface area contributed by atoms with Gasteiger partial charge in [-0.15, -0.1) is 0 Å². The van der Waals surface area contributed by atoms with E-state index in [9.17, 15) is 14.3 Å².